The van der Waals surface area contributed by atoms with Crippen molar-refractivity contribution in [2.45, 2.75) is 9.79 Å². The minimum Gasteiger partial charge on any atom is -0.0843 e. The van der Waals surface area contributed by atoms with Gasteiger partial charge in [0.2, 0.25) is 0 Å². The summed E-state index contributed by atoms with van der Waals surface area (Å²) in [6.07, 6.45) is 0. The third-order valence-electron chi connectivity index (χ3n) is 2.28. The van der Waals surface area contributed by atoms with Gasteiger partial charge in [-0.2, -0.15) is 0 Å². The van der Waals surface area contributed by atoms with Gasteiger partial charge in [0.25, 0.3) is 0 Å². The van der Waals surface area contributed by atoms with Crippen LogP contribution in [0.3, 0.4) is 0 Å². The Labute approximate surface area is 171 Å². The molecule has 0 aliphatic rings. The molecule has 21 heavy (non-hydrogen) atoms. The van der Waals surface area contributed by atoms with Crippen molar-refractivity contribution in [1.29, 1.82) is 0 Å². The van der Waals surface area contributed by atoms with E-state index in [0.717, 1.165) is 4.90 Å². The van der Waals surface area contributed by atoms with E-state index in [1.807, 2.05) is 6.07 Å². The second kappa shape index (κ2) is 8.09. The van der Waals surface area contributed by atoms with Gasteiger partial charge in [0.15, 0.2) is 0 Å². The molecule has 0 bridgehead atoms. The molecule has 0 aliphatic heterocycles. The summed E-state index contributed by atoms with van der Waals surface area (Å²) in [7, 11) is 2.82. The number of hydrogen-bond donors (Lipinski definition) is 0. The average molecular weight is 548 g/mol. The first-order chi connectivity index (χ1) is 9.82. The molecule has 0 unspecified atom stereocenters. The maximum atomic E-state index is 6.28. The molecule has 0 saturated carbocycles. The average Bonchev–Trinajstić information content (AvgIpc) is 2.45. The largest absolute Gasteiger partial charge is 0.0843 e. The molecule has 9 heteroatoms. The van der Waals surface area contributed by atoms with Crippen molar-refractivity contribution in [3.8, 4) is 0 Å². The van der Waals surface area contributed by atoms with Gasteiger partial charge in [-0.25, -0.2) is 0 Å². The summed E-state index contributed by atoms with van der Waals surface area (Å²) < 4.78 is 1.18. The fourth-order valence-corrected chi connectivity index (χ4v) is 6.73. The molecule has 0 amide bonds. The van der Waals surface area contributed by atoms with Crippen molar-refractivity contribution in [2.24, 2.45) is 0 Å². The number of benzene rings is 2. The van der Waals surface area contributed by atoms with E-state index in [1.165, 1.54) is 21.6 Å². The first-order valence-electron chi connectivity index (χ1n) is 5.14. The van der Waals surface area contributed by atoms with Gasteiger partial charge in [0.1, 0.15) is 0 Å². The highest BCUT2D eigenvalue weighted by molar-refractivity contribution is 9.11. The van der Waals surface area contributed by atoms with Crippen LogP contribution in [0.4, 0.5) is 0 Å². The molecule has 0 atom stereocenters. The van der Waals surface area contributed by atoms with Crippen LogP contribution in [0.1, 0.15) is 0 Å². The number of halogens is 7. The Morgan fingerprint density at radius 2 is 1.33 bits per heavy atom. The molecule has 0 radical (unpaired) electrons. The van der Waals surface area contributed by atoms with Crippen molar-refractivity contribution in [2.75, 3.05) is 0 Å². The lowest BCUT2D eigenvalue weighted by atomic mass is 10.3. The van der Waals surface area contributed by atoms with Crippen LogP contribution in [0.2, 0.25) is 25.1 Å². The Morgan fingerprint density at radius 3 is 1.86 bits per heavy atom. The molecule has 0 heterocycles. The molecule has 0 saturated heterocycles. The lowest BCUT2D eigenvalue weighted by Gasteiger charge is -2.12. The Kier molecular flexibility index (Phi) is 7.27. The molecular formula is C12H3Br2Cl5S2. The minimum atomic E-state index is 0.434. The quantitative estimate of drug-likeness (QED) is 0.213. The fourth-order valence-electron chi connectivity index (χ4n) is 1.29. The van der Waals surface area contributed by atoms with E-state index in [1.54, 1.807) is 12.1 Å². The Balaban J connectivity index is 2.32. The Morgan fingerprint density at radius 1 is 0.762 bits per heavy atom. The molecule has 2 aromatic carbocycles. The van der Waals surface area contributed by atoms with E-state index in [0.29, 0.717) is 39.0 Å². The smallest absolute Gasteiger partial charge is 0.0723 e. The molecule has 0 nitrogen and oxygen atoms in total. The molecule has 112 valence electrons. The summed E-state index contributed by atoms with van der Waals surface area (Å²) in [6.45, 7) is 0. The van der Waals surface area contributed by atoms with Crippen molar-refractivity contribution >= 4 is 111 Å². The molecule has 2 aromatic rings. The topological polar surface area (TPSA) is 0 Å². The van der Waals surface area contributed by atoms with E-state index in [9.17, 15) is 0 Å². The maximum Gasteiger partial charge on any atom is 0.0723 e. The van der Waals surface area contributed by atoms with Crippen LogP contribution in [-0.4, -0.2) is 0 Å². The summed E-state index contributed by atoms with van der Waals surface area (Å²) in [5, 5.41) is 2.50. The van der Waals surface area contributed by atoms with Crippen LogP contribution in [0.15, 0.2) is 36.9 Å². The zero-order chi connectivity index (χ0) is 15.7. The minimum absolute atomic E-state index is 0.434. The monoisotopic (exact) mass is 544 g/mol. The molecule has 0 aliphatic carbocycles. The van der Waals surface area contributed by atoms with Gasteiger partial charge < -0.3 is 0 Å². The second-order valence-corrected chi connectivity index (χ2v) is 9.39. The first kappa shape index (κ1) is 18.9. The van der Waals surface area contributed by atoms with Crippen LogP contribution >= 0.6 is 111 Å². The van der Waals surface area contributed by atoms with Crippen LogP contribution in [-0.2, 0) is 0 Å². The van der Waals surface area contributed by atoms with Crippen LogP contribution in [0.5, 0.6) is 0 Å². The standard InChI is InChI=1S/C12H3Br2Cl5S2/c13-7-9(17)8(14)11(19)12(10(7)18)21-20-6-2-1-4(15)3-5(6)16/h1-3H. The van der Waals surface area contributed by atoms with E-state index in [4.69, 9.17) is 58.0 Å². The van der Waals surface area contributed by atoms with Gasteiger partial charge in [-0.15, -0.1) is 0 Å². The first-order valence-corrected chi connectivity index (χ1v) is 10.8. The van der Waals surface area contributed by atoms with Crippen LogP contribution < -0.4 is 0 Å². The predicted octanol–water partition coefficient (Wildman–Crippen LogP) is 9.28. The summed E-state index contributed by atoms with van der Waals surface area (Å²) in [4.78, 5) is 1.55. The van der Waals surface area contributed by atoms with Crippen molar-refractivity contribution < 1.29 is 0 Å². The SMILES string of the molecule is Clc1ccc(SSc2c(Cl)c(Br)c(Cl)c(Br)c2Cl)c(Cl)c1. The van der Waals surface area contributed by atoms with E-state index in [2.05, 4.69) is 31.9 Å². The molecular weight excluding hydrogens is 545 g/mol. The Bertz CT molecular complexity index is 680. The highest BCUT2D eigenvalue weighted by Gasteiger charge is 2.19. The summed E-state index contributed by atoms with van der Waals surface area (Å²) in [5.74, 6) is 0. The maximum absolute atomic E-state index is 6.28. The summed E-state index contributed by atoms with van der Waals surface area (Å²) in [6, 6.07) is 5.29. The van der Waals surface area contributed by atoms with Crippen molar-refractivity contribution in [1.82, 2.24) is 0 Å². The second-order valence-electron chi connectivity index (χ2n) is 3.64. The normalized spacial score (nSPS) is 11.0. The molecule has 0 aromatic heterocycles. The number of hydrogen-bond acceptors (Lipinski definition) is 2. The van der Waals surface area contributed by atoms with Gasteiger partial charge in [-0.3, -0.25) is 0 Å². The summed E-state index contributed by atoms with van der Waals surface area (Å²) >= 11 is 37.4. The van der Waals surface area contributed by atoms with Gasteiger partial charge in [-0.05, 0) is 60.9 Å². The molecule has 0 spiro atoms. The van der Waals surface area contributed by atoms with E-state index in [-0.39, 0.29) is 0 Å². The van der Waals surface area contributed by atoms with Crippen LogP contribution in [0, 0.1) is 0 Å². The number of rotatable bonds is 3. The third kappa shape index (κ3) is 4.34. The van der Waals surface area contributed by atoms with Gasteiger partial charge >= 0.3 is 0 Å². The lowest BCUT2D eigenvalue weighted by molar-refractivity contribution is 1.41. The van der Waals surface area contributed by atoms with Crippen molar-refractivity contribution in [3.05, 3.63) is 52.3 Å². The van der Waals surface area contributed by atoms with Crippen LogP contribution in [0.25, 0.3) is 0 Å². The molecule has 0 N–H and O–H groups in total. The van der Waals surface area contributed by atoms with Gasteiger partial charge in [0, 0.05) is 9.92 Å². The molecule has 2 rings (SSSR count). The lowest BCUT2D eigenvalue weighted by Crippen LogP contribution is -1.83. The zero-order valence-corrected chi connectivity index (χ0v) is 18.3. The molecule has 0 fully saturated rings. The van der Waals surface area contributed by atoms with Gasteiger partial charge in [-0.1, -0.05) is 68.8 Å². The fraction of sp³-hybridized carbons (Fsp3) is 0. The zero-order valence-electron chi connectivity index (χ0n) is 9.69. The van der Waals surface area contributed by atoms with E-state index < -0.39 is 0 Å². The highest BCUT2D eigenvalue weighted by Crippen LogP contribution is 2.52. The summed E-state index contributed by atoms with van der Waals surface area (Å²) in [5.41, 5.74) is 0. The Hall–Kier alpha value is 1.55. The van der Waals surface area contributed by atoms with E-state index >= 15 is 0 Å². The van der Waals surface area contributed by atoms with Crippen molar-refractivity contribution in [3.63, 3.8) is 0 Å². The predicted molar refractivity (Wildman–Crippen MR) is 105 cm³/mol. The third-order valence-corrected chi connectivity index (χ3v) is 9.28. The van der Waals surface area contributed by atoms with Gasteiger partial charge in [0.05, 0.1) is 33.9 Å². The highest BCUT2D eigenvalue weighted by atomic mass is 79.9.